The lowest BCUT2D eigenvalue weighted by atomic mass is 10.0. The summed E-state index contributed by atoms with van der Waals surface area (Å²) >= 11 is 0. The lowest BCUT2D eigenvalue weighted by Crippen LogP contribution is -2.45. The number of sulfone groups is 1. The van der Waals surface area contributed by atoms with Crippen LogP contribution in [0.15, 0.2) is 0 Å². The van der Waals surface area contributed by atoms with Gasteiger partial charge in [-0.25, -0.2) is 8.42 Å². The van der Waals surface area contributed by atoms with E-state index in [9.17, 15) is 8.42 Å². The van der Waals surface area contributed by atoms with Gasteiger partial charge in [0.05, 0.1) is 17.6 Å². The first-order chi connectivity index (χ1) is 6.55. The van der Waals surface area contributed by atoms with Crippen LogP contribution in [0.3, 0.4) is 0 Å². The molecule has 1 atom stereocenters. The minimum Gasteiger partial charge on any atom is -0.298 e. The topological polar surface area (TPSA) is 70.0 Å². The summed E-state index contributed by atoms with van der Waals surface area (Å²) in [5.41, 5.74) is -0.790. The van der Waals surface area contributed by atoms with E-state index in [0.717, 1.165) is 6.54 Å². The van der Waals surface area contributed by atoms with Crippen molar-refractivity contribution in [3.63, 3.8) is 0 Å². The number of hydrogen-bond donors (Lipinski definition) is 1. The monoisotopic (exact) mass is 214 g/mol. The Morgan fingerprint density at radius 1 is 1.50 bits per heavy atom. The van der Waals surface area contributed by atoms with E-state index in [0.29, 0.717) is 12.3 Å². The SMILES string of the molecule is N#CC1(NCC2CC2)CCS(=O)(=O)C1. The highest BCUT2D eigenvalue weighted by Crippen LogP contribution is 2.30. The number of nitrogens with one attached hydrogen (secondary N) is 1. The maximum absolute atomic E-state index is 11.3. The minimum absolute atomic E-state index is 0.0107. The van der Waals surface area contributed by atoms with Gasteiger partial charge in [-0.15, -0.1) is 0 Å². The summed E-state index contributed by atoms with van der Waals surface area (Å²) in [5, 5.41) is 12.1. The van der Waals surface area contributed by atoms with Gasteiger partial charge in [-0.05, 0) is 31.7 Å². The molecule has 0 radical (unpaired) electrons. The van der Waals surface area contributed by atoms with E-state index in [2.05, 4.69) is 11.4 Å². The van der Waals surface area contributed by atoms with Crippen LogP contribution in [-0.2, 0) is 9.84 Å². The lowest BCUT2D eigenvalue weighted by molar-refractivity contribution is 0.444. The van der Waals surface area contributed by atoms with Crippen LogP contribution < -0.4 is 5.32 Å². The quantitative estimate of drug-likeness (QED) is 0.721. The molecule has 5 heteroatoms. The first kappa shape index (κ1) is 9.94. The second-order valence-corrected chi connectivity index (χ2v) is 6.54. The Labute approximate surface area is 84.2 Å². The summed E-state index contributed by atoms with van der Waals surface area (Å²) in [6.45, 7) is 0.795. The molecule has 1 N–H and O–H groups in total. The van der Waals surface area contributed by atoms with Crippen molar-refractivity contribution >= 4 is 9.84 Å². The second-order valence-electron chi connectivity index (χ2n) is 4.36. The van der Waals surface area contributed by atoms with Gasteiger partial charge >= 0.3 is 0 Å². The standard InChI is InChI=1S/C9H14N2O2S/c10-6-9(11-5-8-1-2-8)3-4-14(12,13)7-9/h8,11H,1-5,7H2. The summed E-state index contributed by atoms with van der Waals surface area (Å²) in [5.74, 6) is 0.810. The van der Waals surface area contributed by atoms with Crippen molar-refractivity contribution in [2.45, 2.75) is 24.8 Å². The van der Waals surface area contributed by atoms with Gasteiger partial charge in [-0.3, -0.25) is 5.32 Å². The van der Waals surface area contributed by atoms with Crippen molar-refractivity contribution in [3.8, 4) is 6.07 Å². The van der Waals surface area contributed by atoms with Crippen molar-refractivity contribution in [3.05, 3.63) is 0 Å². The van der Waals surface area contributed by atoms with Gasteiger partial charge in [0.1, 0.15) is 5.54 Å². The van der Waals surface area contributed by atoms with Crippen LogP contribution in [0.25, 0.3) is 0 Å². The average Bonchev–Trinajstić information content (AvgIpc) is 2.89. The molecule has 1 aliphatic heterocycles. The summed E-state index contributed by atoms with van der Waals surface area (Å²) in [4.78, 5) is 0. The number of rotatable bonds is 3. The highest BCUT2D eigenvalue weighted by Gasteiger charge is 2.43. The molecule has 0 bridgehead atoms. The van der Waals surface area contributed by atoms with E-state index >= 15 is 0 Å². The summed E-state index contributed by atoms with van der Waals surface area (Å²) in [7, 11) is -2.98. The zero-order valence-corrected chi connectivity index (χ0v) is 8.81. The molecule has 2 rings (SSSR count). The van der Waals surface area contributed by atoms with Crippen LogP contribution in [0.4, 0.5) is 0 Å². The normalized spacial score (nSPS) is 35.4. The number of nitrogens with zero attached hydrogens (tertiary/aromatic N) is 1. The summed E-state index contributed by atoms with van der Waals surface area (Å²) < 4.78 is 22.5. The molecule has 1 unspecified atom stereocenters. The molecule has 0 aromatic heterocycles. The largest absolute Gasteiger partial charge is 0.298 e. The summed E-state index contributed by atoms with van der Waals surface area (Å²) in [6.07, 6.45) is 2.86. The van der Waals surface area contributed by atoms with Gasteiger partial charge in [-0.2, -0.15) is 5.26 Å². The Morgan fingerprint density at radius 2 is 2.21 bits per heavy atom. The molecule has 4 nitrogen and oxygen atoms in total. The fraction of sp³-hybridized carbons (Fsp3) is 0.889. The molecule has 2 fully saturated rings. The maximum Gasteiger partial charge on any atom is 0.153 e. The van der Waals surface area contributed by atoms with E-state index in [4.69, 9.17) is 5.26 Å². The zero-order valence-electron chi connectivity index (χ0n) is 7.99. The Kier molecular flexibility index (Phi) is 2.28. The fourth-order valence-corrected chi connectivity index (χ4v) is 3.64. The molecule has 0 aromatic carbocycles. The molecule has 0 amide bonds. The van der Waals surface area contributed by atoms with Crippen LogP contribution in [0.1, 0.15) is 19.3 Å². The molecule has 1 saturated heterocycles. The molecule has 1 aliphatic carbocycles. The van der Waals surface area contributed by atoms with Gasteiger partial charge in [0.15, 0.2) is 9.84 Å². The van der Waals surface area contributed by atoms with Gasteiger partial charge in [0.2, 0.25) is 0 Å². The molecule has 1 heterocycles. The van der Waals surface area contributed by atoms with Gasteiger partial charge in [0.25, 0.3) is 0 Å². The first-order valence-electron chi connectivity index (χ1n) is 4.92. The Morgan fingerprint density at radius 3 is 2.64 bits per heavy atom. The molecule has 1 saturated carbocycles. The van der Waals surface area contributed by atoms with Crippen molar-refractivity contribution in [2.75, 3.05) is 18.1 Å². The highest BCUT2D eigenvalue weighted by molar-refractivity contribution is 7.91. The van der Waals surface area contributed by atoms with Crippen LogP contribution in [-0.4, -0.2) is 32.0 Å². The predicted molar refractivity (Wildman–Crippen MR) is 52.3 cm³/mol. The van der Waals surface area contributed by atoms with Crippen LogP contribution in [0.5, 0.6) is 0 Å². The zero-order chi connectivity index (χ0) is 10.2. The van der Waals surface area contributed by atoms with Crippen molar-refractivity contribution in [2.24, 2.45) is 5.92 Å². The van der Waals surface area contributed by atoms with Crippen molar-refractivity contribution in [1.82, 2.24) is 5.32 Å². The Hall–Kier alpha value is -0.600. The molecule has 0 spiro atoms. The lowest BCUT2D eigenvalue weighted by Gasteiger charge is -2.20. The molecular weight excluding hydrogens is 200 g/mol. The van der Waals surface area contributed by atoms with E-state index < -0.39 is 15.4 Å². The number of nitriles is 1. The van der Waals surface area contributed by atoms with Gasteiger partial charge in [0, 0.05) is 0 Å². The van der Waals surface area contributed by atoms with Crippen LogP contribution in [0.2, 0.25) is 0 Å². The van der Waals surface area contributed by atoms with E-state index in [1.165, 1.54) is 12.8 Å². The molecule has 78 valence electrons. The molecule has 0 aromatic rings. The third-order valence-electron chi connectivity index (χ3n) is 2.95. The molecular formula is C9H14N2O2S. The van der Waals surface area contributed by atoms with E-state index in [1.807, 2.05) is 0 Å². The fourth-order valence-electron chi connectivity index (χ4n) is 1.78. The third-order valence-corrected chi connectivity index (χ3v) is 4.70. The first-order valence-corrected chi connectivity index (χ1v) is 6.74. The second kappa shape index (κ2) is 3.21. The van der Waals surface area contributed by atoms with Gasteiger partial charge in [-0.1, -0.05) is 0 Å². The highest BCUT2D eigenvalue weighted by atomic mass is 32.2. The van der Waals surface area contributed by atoms with E-state index in [1.54, 1.807) is 0 Å². The van der Waals surface area contributed by atoms with E-state index in [-0.39, 0.29) is 11.5 Å². The minimum atomic E-state index is -2.98. The Bertz CT molecular complexity index is 367. The van der Waals surface area contributed by atoms with Crippen molar-refractivity contribution in [1.29, 1.82) is 5.26 Å². The summed E-state index contributed by atoms with van der Waals surface area (Å²) in [6, 6.07) is 2.13. The molecule has 14 heavy (non-hydrogen) atoms. The Balaban J connectivity index is 2.00. The number of hydrogen-bond acceptors (Lipinski definition) is 4. The maximum atomic E-state index is 11.3. The third kappa shape index (κ3) is 2.07. The molecule has 2 aliphatic rings. The van der Waals surface area contributed by atoms with Crippen LogP contribution in [0, 0.1) is 17.2 Å². The van der Waals surface area contributed by atoms with Crippen molar-refractivity contribution < 1.29 is 8.42 Å². The predicted octanol–water partition coefficient (Wildman–Crippen LogP) is 0.0669. The van der Waals surface area contributed by atoms with Crippen LogP contribution >= 0.6 is 0 Å². The average molecular weight is 214 g/mol. The van der Waals surface area contributed by atoms with Gasteiger partial charge < -0.3 is 0 Å². The smallest absolute Gasteiger partial charge is 0.153 e.